The average Bonchev–Trinajstić information content (AvgIpc) is 2.25. The smallest absolute Gasteiger partial charge is 0.410 e. The van der Waals surface area contributed by atoms with Gasteiger partial charge in [0.05, 0.1) is 11.4 Å². The van der Waals surface area contributed by atoms with E-state index in [9.17, 15) is 4.79 Å². The highest BCUT2D eigenvalue weighted by Gasteiger charge is 2.35. The molecule has 1 aliphatic heterocycles. The van der Waals surface area contributed by atoms with E-state index in [2.05, 4.69) is 38.3 Å². The largest absolute Gasteiger partial charge is 0.444 e. The van der Waals surface area contributed by atoms with Crippen LogP contribution < -0.4 is 0 Å². The van der Waals surface area contributed by atoms with Crippen LogP contribution >= 0.6 is 12.6 Å². The number of rotatable bonds is 2. The number of carbonyl (C=O) groups is 1. The van der Waals surface area contributed by atoms with Crippen molar-refractivity contribution in [3.05, 3.63) is 0 Å². The van der Waals surface area contributed by atoms with E-state index in [4.69, 9.17) is 4.74 Å². The summed E-state index contributed by atoms with van der Waals surface area (Å²) in [4.78, 5) is 16.4. The van der Waals surface area contributed by atoms with Crippen LogP contribution in [-0.4, -0.2) is 52.5 Å². The molecule has 0 radical (unpaired) electrons. The fourth-order valence-corrected chi connectivity index (χ4v) is 2.50. The van der Waals surface area contributed by atoms with E-state index in [-0.39, 0.29) is 17.5 Å². The maximum Gasteiger partial charge on any atom is 0.410 e. The molecular formula is C14H28N2O2S. The lowest BCUT2D eigenvalue weighted by Crippen LogP contribution is -2.58. The highest BCUT2D eigenvalue weighted by molar-refractivity contribution is 7.80. The molecule has 5 heteroatoms. The number of carbonyl (C=O) groups excluding carboxylic acids is 1. The summed E-state index contributed by atoms with van der Waals surface area (Å²) < 4.78 is 5.50. The number of ether oxygens (including phenoxy) is 1. The fourth-order valence-electron chi connectivity index (χ4n) is 2.29. The van der Waals surface area contributed by atoms with Crippen LogP contribution in [0.3, 0.4) is 0 Å². The van der Waals surface area contributed by atoms with Crippen LogP contribution in [0.1, 0.15) is 41.5 Å². The molecule has 0 aromatic rings. The molecule has 19 heavy (non-hydrogen) atoms. The van der Waals surface area contributed by atoms with Gasteiger partial charge in [-0.1, -0.05) is 13.8 Å². The van der Waals surface area contributed by atoms with Crippen molar-refractivity contribution >= 4 is 18.7 Å². The predicted octanol–water partition coefficient (Wildman–Crippen LogP) is 2.84. The lowest BCUT2D eigenvalue weighted by Gasteiger charge is -2.44. The van der Waals surface area contributed by atoms with Crippen LogP contribution in [0.25, 0.3) is 0 Å². The molecule has 0 saturated carbocycles. The van der Waals surface area contributed by atoms with Crippen molar-refractivity contribution < 1.29 is 9.53 Å². The van der Waals surface area contributed by atoms with E-state index in [1.807, 2.05) is 25.7 Å². The van der Waals surface area contributed by atoms with Crippen LogP contribution in [-0.2, 0) is 4.74 Å². The van der Waals surface area contributed by atoms with Gasteiger partial charge in [0.25, 0.3) is 0 Å². The quantitative estimate of drug-likeness (QED) is 0.793. The van der Waals surface area contributed by atoms with Crippen LogP contribution in [0.5, 0.6) is 0 Å². The minimum absolute atomic E-state index is 0.193. The van der Waals surface area contributed by atoms with E-state index in [1.54, 1.807) is 0 Å². The molecule has 112 valence electrons. The Kier molecular flexibility index (Phi) is 5.56. The van der Waals surface area contributed by atoms with Crippen molar-refractivity contribution in [1.29, 1.82) is 0 Å². The van der Waals surface area contributed by atoms with Gasteiger partial charge in [-0.25, -0.2) is 4.79 Å². The lowest BCUT2D eigenvalue weighted by molar-refractivity contribution is -0.0102. The third-order valence-corrected chi connectivity index (χ3v) is 3.70. The number of hydrogen-bond acceptors (Lipinski definition) is 4. The molecule has 0 bridgehead atoms. The van der Waals surface area contributed by atoms with Crippen molar-refractivity contribution in [1.82, 2.24) is 9.80 Å². The first-order valence-corrected chi connectivity index (χ1v) is 7.55. The normalized spacial score (nSPS) is 23.6. The molecule has 0 aromatic carbocycles. The first-order chi connectivity index (χ1) is 8.61. The van der Waals surface area contributed by atoms with E-state index in [1.165, 1.54) is 0 Å². The van der Waals surface area contributed by atoms with Crippen molar-refractivity contribution in [2.45, 2.75) is 58.6 Å². The Hall–Kier alpha value is -0.420. The third kappa shape index (κ3) is 4.88. The molecule has 1 amide bonds. The molecule has 1 heterocycles. The van der Waals surface area contributed by atoms with Crippen molar-refractivity contribution in [2.24, 2.45) is 5.92 Å². The van der Waals surface area contributed by atoms with Crippen LogP contribution in [0.2, 0.25) is 0 Å². The summed E-state index contributed by atoms with van der Waals surface area (Å²) in [6.07, 6.45) is -0.197. The molecular weight excluding hydrogens is 260 g/mol. The second-order valence-electron chi connectivity index (χ2n) is 6.61. The number of thiol groups is 1. The molecule has 0 aromatic heterocycles. The molecule has 4 nitrogen and oxygen atoms in total. The molecule has 0 spiro atoms. The maximum atomic E-state index is 12.3. The van der Waals surface area contributed by atoms with Gasteiger partial charge in [-0.15, -0.1) is 0 Å². The Morgan fingerprint density at radius 3 is 2.26 bits per heavy atom. The Labute approximate surface area is 122 Å². The molecule has 2 unspecified atom stereocenters. The van der Waals surface area contributed by atoms with Gasteiger partial charge in [0, 0.05) is 19.6 Å². The van der Waals surface area contributed by atoms with E-state index < -0.39 is 5.60 Å². The molecule has 0 aliphatic carbocycles. The van der Waals surface area contributed by atoms with Crippen LogP contribution in [0, 0.1) is 5.92 Å². The van der Waals surface area contributed by atoms with Gasteiger partial charge >= 0.3 is 6.09 Å². The highest BCUT2D eigenvalue weighted by Crippen LogP contribution is 2.22. The Bertz CT molecular complexity index is 313. The second kappa shape index (κ2) is 6.35. The summed E-state index contributed by atoms with van der Waals surface area (Å²) in [5.41, 5.74) is -0.438. The molecule has 2 atom stereocenters. The Balaban J connectivity index is 2.74. The maximum absolute atomic E-state index is 12.3. The van der Waals surface area contributed by atoms with Crippen molar-refractivity contribution in [2.75, 3.05) is 19.6 Å². The van der Waals surface area contributed by atoms with Crippen molar-refractivity contribution in [3.63, 3.8) is 0 Å². The Morgan fingerprint density at radius 1 is 1.26 bits per heavy atom. The number of piperazine rings is 1. The summed E-state index contributed by atoms with van der Waals surface area (Å²) in [6.45, 7) is 14.5. The zero-order chi connectivity index (χ0) is 14.8. The minimum atomic E-state index is -0.438. The second-order valence-corrected chi connectivity index (χ2v) is 7.36. The van der Waals surface area contributed by atoms with Gasteiger partial charge in [-0.05, 0) is 33.6 Å². The minimum Gasteiger partial charge on any atom is -0.444 e. The molecule has 0 N–H and O–H groups in total. The SMILES string of the molecule is CC(C)C1CN(C(C)S)CCN1C(=O)OC(C)(C)C. The topological polar surface area (TPSA) is 32.8 Å². The molecule has 1 rings (SSSR count). The van der Waals surface area contributed by atoms with Crippen LogP contribution in [0.4, 0.5) is 4.79 Å². The monoisotopic (exact) mass is 288 g/mol. The highest BCUT2D eigenvalue weighted by atomic mass is 32.1. The third-order valence-electron chi connectivity index (χ3n) is 3.38. The van der Waals surface area contributed by atoms with E-state index in [0.29, 0.717) is 12.5 Å². The van der Waals surface area contributed by atoms with Gasteiger partial charge in [-0.3, -0.25) is 4.90 Å². The first-order valence-electron chi connectivity index (χ1n) is 7.03. The van der Waals surface area contributed by atoms with Crippen molar-refractivity contribution in [3.8, 4) is 0 Å². The molecule has 1 fully saturated rings. The number of nitrogens with zero attached hydrogens (tertiary/aromatic N) is 2. The van der Waals surface area contributed by atoms with Crippen LogP contribution in [0.15, 0.2) is 0 Å². The zero-order valence-electron chi connectivity index (χ0n) is 13.0. The standard InChI is InChI=1S/C14H28N2O2S/c1-10(2)12-9-15(11(3)19)7-8-16(12)13(17)18-14(4,5)6/h10-12,19H,7-9H2,1-6H3. The van der Waals surface area contributed by atoms with E-state index in [0.717, 1.165) is 13.1 Å². The summed E-state index contributed by atoms with van der Waals surface area (Å²) in [6, 6.07) is 0.193. The average molecular weight is 288 g/mol. The van der Waals surface area contributed by atoms with Gasteiger partial charge in [0.15, 0.2) is 0 Å². The van der Waals surface area contributed by atoms with E-state index >= 15 is 0 Å². The van der Waals surface area contributed by atoms with Gasteiger partial charge in [-0.2, -0.15) is 12.6 Å². The van der Waals surface area contributed by atoms with Gasteiger partial charge < -0.3 is 9.64 Å². The summed E-state index contributed by atoms with van der Waals surface area (Å²) >= 11 is 4.49. The molecule has 1 saturated heterocycles. The molecule has 1 aliphatic rings. The summed E-state index contributed by atoms with van der Waals surface area (Å²) in [7, 11) is 0. The lowest BCUT2D eigenvalue weighted by atomic mass is 10.00. The zero-order valence-corrected chi connectivity index (χ0v) is 13.9. The fraction of sp³-hybridized carbons (Fsp3) is 0.929. The Morgan fingerprint density at radius 2 is 1.84 bits per heavy atom. The first kappa shape index (κ1) is 16.6. The number of hydrogen-bond donors (Lipinski definition) is 1. The van der Waals surface area contributed by atoms with Gasteiger partial charge in [0.1, 0.15) is 5.60 Å². The number of amides is 1. The van der Waals surface area contributed by atoms with Gasteiger partial charge in [0.2, 0.25) is 0 Å². The summed E-state index contributed by atoms with van der Waals surface area (Å²) in [5.74, 6) is 0.405. The predicted molar refractivity (Wildman–Crippen MR) is 81.6 cm³/mol. The summed E-state index contributed by atoms with van der Waals surface area (Å²) in [5, 5.41) is 0.224.